The second kappa shape index (κ2) is 9.32. The summed E-state index contributed by atoms with van der Waals surface area (Å²) in [7, 11) is 0. The summed E-state index contributed by atoms with van der Waals surface area (Å²) in [4.78, 5) is 24.2. The van der Waals surface area contributed by atoms with Crippen molar-refractivity contribution in [1.82, 2.24) is 25.1 Å². The fourth-order valence-electron chi connectivity index (χ4n) is 4.37. The molecule has 2 aromatic heterocycles. The van der Waals surface area contributed by atoms with E-state index in [9.17, 15) is 4.79 Å². The molecule has 4 rings (SSSR count). The largest absolute Gasteiger partial charge is 0.356 e. The molecule has 7 nitrogen and oxygen atoms in total. The van der Waals surface area contributed by atoms with Gasteiger partial charge in [0.1, 0.15) is 5.82 Å². The molecule has 1 saturated carbocycles. The van der Waals surface area contributed by atoms with Crippen LogP contribution >= 0.6 is 11.8 Å². The maximum atomic E-state index is 12.2. The number of nitrogens with zero attached hydrogens (tertiary/aromatic N) is 5. The van der Waals surface area contributed by atoms with Gasteiger partial charge in [-0.1, -0.05) is 38.5 Å². The molecule has 29 heavy (non-hydrogen) atoms. The molecule has 2 fully saturated rings. The molecule has 3 heterocycles. The molecule has 0 radical (unpaired) electrons. The highest BCUT2D eigenvalue weighted by Crippen LogP contribution is 2.30. The van der Waals surface area contributed by atoms with Crippen molar-refractivity contribution in [2.45, 2.75) is 75.7 Å². The molecule has 0 bridgehead atoms. The summed E-state index contributed by atoms with van der Waals surface area (Å²) in [5, 5.41) is 9.88. The summed E-state index contributed by atoms with van der Waals surface area (Å²) < 4.78 is 1.91. The predicted octanol–water partition coefficient (Wildman–Crippen LogP) is 3.62. The number of amides is 1. The van der Waals surface area contributed by atoms with Crippen LogP contribution in [0.2, 0.25) is 0 Å². The number of carbonyl (C=O) groups is 1. The average Bonchev–Trinajstić information content (AvgIpc) is 3.43. The van der Waals surface area contributed by atoms with Crippen LogP contribution < -0.4 is 10.2 Å². The Morgan fingerprint density at radius 2 is 1.97 bits per heavy atom. The van der Waals surface area contributed by atoms with Gasteiger partial charge in [-0.15, -0.1) is 0 Å². The van der Waals surface area contributed by atoms with E-state index in [-0.39, 0.29) is 5.91 Å². The van der Waals surface area contributed by atoms with Crippen molar-refractivity contribution in [3.8, 4) is 0 Å². The summed E-state index contributed by atoms with van der Waals surface area (Å²) in [6.45, 7) is 7.61. The van der Waals surface area contributed by atoms with Gasteiger partial charge in [0.05, 0.1) is 18.1 Å². The molecule has 0 unspecified atom stereocenters. The Kier molecular flexibility index (Phi) is 6.57. The molecule has 1 N–H and O–H groups in total. The molecule has 0 spiro atoms. The molecule has 1 aliphatic heterocycles. The highest BCUT2D eigenvalue weighted by atomic mass is 32.2. The first kappa shape index (κ1) is 20.4. The Morgan fingerprint density at radius 3 is 2.69 bits per heavy atom. The standard InChI is InChI=1S/C21H32N6OS/c1-15(2)29-21-24-19(26-10-5-6-11-26)17-14-23-27(20(17)25-21)12-9-22-18(28)13-16-7-3-4-8-16/h14-16H,3-13H2,1-2H3,(H,22,28). The lowest BCUT2D eigenvalue weighted by Gasteiger charge is -2.18. The van der Waals surface area contributed by atoms with Gasteiger partial charge in [-0.3, -0.25) is 4.79 Å². The van der Waals surface area contributed by atoms with E-state index in [0.717, 1.165) is 35.1 Å². The number of rotatable bonds is 8. The maximum absolute atomic E-state index is 12.2. The summed E-state index contributed by atoms with van der Waals surface area (Å²) in [5.74, 6) is 1.75. The van der Waals surface area contributed by atoms with Crippen molar-refractivity contribution in [3.63, 3.8) is 0 Å². The highest BCUT2D eigenvalue weighted by Gasteiger charge is 2.22. The van der Waals surface area contributed by atoms with Crippen LogP contribution in [-0.4, -0.2) is 50.5 Å². The minimum absolute atomic E-state index is 0.164. The summed E-state index contributed by atoms with van der Waals surface area (Å²) in [5.41, 5.74) is 0.870. The smallest absolute Gasteiger partial charge is 0.220 e. The van der Waals surface area contributed by atoms with Crippen molar-refractivity contribution in [3.05, 3.63) is 6.20 Å². The molecule has 8 heteroatoms. The normalized spacial score (nSPS) is 17.7. The Bertz CT molecular complexity index is 839. The molecular formula is C21H32N6OS. The molecule has 0 atom stereocenters. The van der Waals surface area contributed by atoms with Crippen molar-refractivity contribution >= 4 is 34.5 Å². The van der Waals surface area contributed by atoms with E-state index in [1.165, 1.54) is 38.5 Å². The van der Waals surface area contributed by atoms with Crippen LogP contribution in [0.15, 0.2) is 11.4 Å². The lowest BCUT2D eigenvalue weighted by Crippen LogP contribution is -2.28. The Labute approximate surface area is 177 Å². The van der Waals surface area contributed by atoms with Crippen LogP contribution in [0.1, 0.15) is 58.8 Å². The van der Waals surface area contributed by atoms with Crippen molar-refractivity contribution < 1.29 is 4.79 Å². The van der Waals surface area contributed by atoms with Crippen LogP contribution in [0.3, 0.4) is 0 Å². The van der Waals surface area contributed by atoms with Crippen molar-refractivity contribution in [1.29, 1.82) is 0 Å². The second-order valence-electron chi connectivity index (χ2n) is 8.50. The van der Waals surface area contributed by atoms with E-state index < -0.39 is 0 Å². The van der Waals surface area contributed by atoms with Crippen molar-refractivity contribution in [2.24, 2.45) is 5.92 Å². The lowest BCUT2D eigenvalue weighted by molar-refractivity contribution is -0.122. The predicted molar refractivity (Wildman–Crippen MR) is 117 cm³/mol. The summed E-state index contributed by atoms with van der Waals surface area (Å²) in [6.07, 6.45) is 9.90. The van der Waals surface area contributed by atoms with Crippen LogP contribution in [0, 0.1) is 5.92 Å². The third kappa shape index (κ3) is 5.02. The van der Waals surface area contributed by atoms with Crippen LogP contribution in [-0.2, 0) is 11.3 Å². The molecule has 2 aliphatic rings. The zero-order valence-electron chi connectivity index (χ0n) is 17.6. The maximum Gasteiger partial charge on any atom is 0.220 e. The molecular weight excluding hydrogens is 384 g/mol. The van der Waals surface area contributed by atoms with Gasteiger partial charge in [0.25, 0.3) is 0 Å². The Hall–Kier alpha value is -1.83. The van der Waals surface area contributed by atoms with E-state index in [1.54, 1.807) is 11.8 Å². The van der Waals surface area contributed by atoms with Gasteiger partial charge in [-0.05, 0) is 31.6 Å². The third-order valence-corrected chi connectivity index (χ3v) is 6.66. The number of hydrogen-bond acceptors (Lipinski definition) is 6. The second-order valence-corrected chi connectivity index (χ2v) is 10.0. The number of nitrogens with one attached hydrogen (secondary N) is 1. The van der Waals surface area contributed by atoms with Gasteiger partial charge in [0.2, 0.25) is 5.91 Å². The molecule has 2 aromatic rings. The Morgan fingerprint density at radius 1 is 1.21 bits per heavy atom. The number of thioether (sulfide) groups is 1. The lowest BCUT2D eigenvalue weighted by atomic mass is 10.0. The van der Waals surface area contributed by atoms with E-state index >= 15 is 0 Å². The monoisotopic (exact) mass is 416 g/mol. The van der Waals surface area contributed by atoms with Crippen LogP contribution in [0.4, 0.5) is 5.82 Å². The first-order chi connectivity index (χ1) is 14.1. The van der Waals surface area contributed by atoms with Crippen molar-refractivity contribution in [2.75, 3.05) is 24.5 Å². The molecule has 1 saturated heterocycles. The molecule has 0 aromatic carbocycles. The molecule has 1 aliphatic carbocycles. The quantitative estimate of drug-likeness (QED) is 0.523. The van der Waals surface area contributed by atoms with E-state index in [1.807, 2.05) is 10.9 Å². The summed E-state index contributed by atoms with van der Waals surface area (Å²) >= 11 is 1.69. The van der Waals surface area contributed by atoms with E-state index in [2.05, 4.69) is 29.2 Å². The zero-order valence-corrected chi connectivity index (χ0v) is 18.4. The fraction of sp³-hybridized carbons (Fsp3) is 0.714. The number of fused-ring (bicyclic) bond motifs is 1. The van der Waals surface area contributed by atoms with Gasteiger partial charge in [0, 0.05) is 31.3 Å². The van der Waals surface area contributed by atoms with Gasteiger partial charge in [-0.25, -0.2) is 14.6 Å². The number of carbonyl (C=O) groups excluding carboxylic acids is 1. The average molecular weight is 417 g/mol. The first-order valence-corrected chi connectivity index (χ1v) is 11.9. The minimum atomic E-state index is 0.164. The third-order valence-electron chi connectivity index (χ3n) is 5.80. The zero-order chi connectivity index (χ0) is 20.2. The SMILES string of the molecule is CC(C)Sc1nc(N2CCCC2)c2cnn(CCNC(=O)CC3CCCC3)c2n1. The first-order valence-electron chi connectivity index (χ1n) is 11.0. The molecule has 1 amide bonds. The van der Waals surface area contributed by atoms with Crippen LogP contribution in [0.25, 0.3) is 11.0 Å². The van der Waals surface area contributed by atoms with Gasteiger partial charge in [0.15, 0.2) is 10.8 Å². The van der Waals surface area contributed by atoms with Crippen LogP contribution in [0.5, 0.6) is 0 Å². The van der Waals surface area contributed by atoms with E-state index in [4.69, 9.17) is 9.97 Å². The molecule has 158 valence electrons. The topological polar surface area (TPSA) is 75.9 Å². The number of aromatic nitrogens is 4. The van der Waals surface area contributed by atoms with Gasteiger partial charge < -0.3 is 10.2 Å². The fourth-order valence-corrected chi connectivity index (χ4v) is 5.07. The van der Waals surface area contributed by atoms with Gasteiger partial charge >= 0.3 is 0 Å². The summed E-state index contributed by atoms with van der Waals surface area (Å²) in [6, 6.07) is 0. The number of hydrogen-bond donors (Lipinski definition) is 1. The minimum Gasteiger partial charge on any atom is -0.356 e. The number of anilines is 1. The van der Waals surface area contributed by atoms with E-state index in [0.29, 0.717) is 30.7 Å². The Balaban J connectivity index is 1.47. The van der Waals surface area contributed by atoms with Gasteiger partial charge in [-0.2, -0.15) is 5.10 Å². The highest BCUT2D eigenvalue weighted by molar-refractivity contribution is 7.99.